The van der Waals surface area contributed by atoms with Crippen LogP contribution in [0, 0.1) is 5.92 Å². The van der Waals surface area contributed by atoms with Crippen molar-refractivity contribution in [2.24, 2.45) is 5.92 Å². The van der Waals surface area contributed by atoms with E-state index in [1.54, 1.807) is 49.4 Å². The molecule has 30 heavy (non-hydrogen) atoms. The van der Waals surface area contributed by atoms with E-state index in [1.165, 1.54) is 12.0 Å². The topological polar surface area (TPSA) is 94.2 Å². The number of hydrogen-bond acceptors (Lipinski definition) is 6. The van der Waals surface area contributed by atoms with Crippen LogP contribution in [0.4, 0.5) is 11.4 Å². The Bertz CT molecular complexity index is 1050. The van der Waals surface area contributed by atoms with Crippen molar-refractivity contribution in [2.75, 3.05) is 24.1 Å². The number of esters is 1. The van der Waals surface area contributed by atoms with Crippen LogP contribution in [-0.4, -0.2) is 31.7 Å². The van der Waals surface area contributed by atoms with Gasteiger partial charge in [0.05, 0.1) is 18.6 Å². The molecule has 2 heterocycles. The number of anilines is 2. The van der Waals surface area contributed by atoms with Gasteiger partial charge in [0.2, 0.25) is 18.6 Å². The van der Waals surface area contributed by atoms with Crippen LogP contribution < -0.4 is 19.7 Å². The van der Waals surface area contributed by atoms with Crippen LogP contribution in [0.1, 0.15) is 13.3 Å². The maximum atomic E-state index is 13.0. The van der Waals surface area contributed by atoms with E-state index in [9.17, 15) is 14.4 Å². The van der Waals surface area contributed by atoms with Gasteiger partial charge in [-0.25, -0.2) is 4.79 Å². The number of ether oxygens (including phenoxy) is 3. The van der Waals surface area contributed by atoms with Crippen molar-refractivity contribution in [3.8, 4) is 11.5 Å². The third-order valence-electron chi connectivity index (χ3n) is 5.08. The summed E-state index contributed by atoms with van der Waals surface area (Å²) in [6, 6.07) is 13.9. The normalized spacial score (nSPS) is 17.7. The summed E-state index contributed by atoms with van der Waals surface area (Å²) in [4.78, 5) is 39.9. The smallest absolute Gasteiger partial charge is 0.336 e. The predicted molar refractivity (Wildman–Crippen MR) is 108 cm³/mol. The lowest BCUT2D eigenvalue weighted by Crippen LogP contribution is -2.43. The number of para-hydroxylation sites is 1. The third kappa shape index (κ3) is 3.47. The average molecular weight is 408 g/mol. The second kappa shape index (κ2) is 7.90. The van der Waals surface area contributed by atoms with Gasteiger partial charge < -0.3 is 19.5 Å². The van der Waals surface area contributed by atoms with Gasteiger partial charge in [-0.05, 0) is 31.2 Å². The summed E-state index contributed by atoms with van der Waals surface area (Å²) < 4.78 is 15.5. The highest BCUT2D eigenvalue weighted by atomic mass is 16.7. The molecule has 4 rings (SSSR count). The zero-order valence-corrected chi connectivity index (χ0v) is 16.5. The molecular formula is C22H20N2O6. The van der Waals surface area contributed by atoms with Crippen molar-refractivity contribution in [1.82, 2.24) is 0 Å². The van der Waals surface area contributed by atoms with Gasteiger partial charge in [-0.3, -0.25) is 14.5 Å². The third-order valence-corrected chi connectivity index (χ3v) is 5.08. The summed E-state index contributed by atoms with van der Waals surface area (Å²) in [6.45, 7) is 1.75. The zero-order valence-electron chi connectivity index (χ0n) is 16.5. The van der Waals surface area contributed by atoms with E-state index >= 15 is 0 Å². The summed E-state index contributed by atoms with van der Waals surface area (Å²) in [7, 11) is 1.25. The number of fused-ring (bicyclic) bond motifs is 1. The van der Waals surface area contributed by atoms with Crippen LogP contribution in [0.3, 0.4) is 0 Å². The lowest BCUT2D eigenvalue weighted by atomic mass is 9.88. The van der Waals surface area contributed by atoms with E-state index in [1.807, 2.05) is 6.07 Å². The van der Waals surface area contributed by atoms with E-state index in [0.29, 0.717) is 28.6 Å². The molecule has 1 atom stereocenters. The molecule has 8 nitrogen and oxygen atoms in total. The number of carbonyl (C=O) groups excluding carboxylic acids is 3. The van der Waals surface area contributed by atoms with Crippen molar-refractivity contribution in [3.05, 3.63) is 59.8 Å². The second-order valence-corrected chi connectivity index (χ2v) is 6.87. The fourth-order valence-corrected chi connectivity index (χ4v) is 3.67. The highest BCUT2D eigenvalue weighted by Gasteiger charge is 2.40. The van der Waals surface area contributed by atoms with Crippen LogP contribution in [0.25, 0.3) is 0 Å². The van der Waals surface area contributed by atoms with Gasteiger partial charge in [0, 0.05) is 29.6 Å². The Kier molecular flexibility index (Phi) is 5.14. The summed E-state index contributed by atoms with van der Waals surface area (Å²) in [5.74, 6) is -1.28. The molecule has 2 aliphatic heterocycles. The van der Waals surface area contributed by atoms with Crippen LogP contribution >= 0.6 is 0 Å². The number of nitrogens with one attached hydrogen (secondary N) is 1. The van der Waals surface area contributed by atoms with E-state index in [0.717, 1.165) is 0 Å². The lowest BCUT2D eigenvalue weighted by Gasteiger charge is -2.33. The molecule has 2 aliphatic rings. The minimum absolute atomic E-state index is 0.119. The molecule has 1 N–H and O–H groups in total. The maximum absolute atomic E-state index is 13.0. The number of carbonyl (C=O) groups is 3. The fourth-order valence-electron chi connectivity index (χ4n) is 3.67. The van der Waals surface area contributed by atoms with Gasteiger partial charge >= 0.3 is 5.97 Å². The van der Waals surface area contributed by atoms with Gasteiger partial charge in [-0.15, -0.1) is 0 Å². The Hall–Kier alpha value is -3.81. The molecule has 0 saturated carbocycles. The largest absolute Gasteiger partial charge is 0.466 e. The number of allylic oxidation sites excluding steroid dienone is 1. The molecule has 2 aromatic carbocycles. The van der Waals surface area contributed by atoms with E-state index in [2.05, 4.69) is 5.32 Å². The molecule has 8 heteroatoms. The standard InChI is InChI=1S/C22H20N2O6/c1-13-20(22(27)28-2)16(11-19(25)24(13)15-6-4-3-5-7-15)21(26)23-14-8-9-17-18(10-14)30-12-29-17/h3-10,16H,11-12H2,1-2H3,(H,23,26). The fraction of sp³-hybridized carbons (Fsp3) is 0.227. The highest BCUT2D eigenvalue weighted by molar-refractivity contribution is 6.10. The zero-order chi connectivity index (χ0) is 21.3. The van der Waals surface area contributed by atoms with E-state index in [4.69, 9.17) is 14.2 Å². The monoisotopic (exact) mass is 408 g/mol. The summed E-state index contributed by atoms with van der Waals surface area (Å²) >= 11 is 0. The highest BCUT2D eigenvalue weighted by Crippen LogP contribution is 2.36. The molecule has 0 saturated heterocycles. The Morgan fingerprint density at radius 3 is 2.57 bits per heavy atom. The number of amides is 2. The van der Waals surface area contributed by atoms with Crippen LogP contribution in [0.2, 0.25) is 0 Å². The molecule has 0 spiro atoms. The molecule has 0 aromatic heterocycles. The van der Waals surface area contributed by atoms with E-state index in [-0.39, 0.29) is 24.7 Å². The van der Waals surface area contributed by atoms with Gasteiger partial charge in [0.25, 0.3) is 0 Å². The molecule has 0 radical (unpaired) electrons. The van der Waals surface area contributed by atoms with Gasteiger partial charge in [0.1, 0.15) is 0 Å². The van der Waals surface area contributed by atoms with Gasteiger partial charge in [-0.2, -0.15) is 0 Å². The maximum Gasteiger partial charge on any atom is 0.336 e. The summed E-state index contributed by atoms with van der Waals surface area (Å²) in [6.07, 6.45) is -0.160. The van der Waals surface area contributed by atoms with Crippen molar-refractivity contribution in [2.45, 2.75) is 13.3 Å². The summed E-state index contributed by atoms with van der Waals surface area (Å²) in [5, 5.41) is 2.76. The van der Waals surface area contributed by atoms with Gasteiger partial charge in [-0.1, -0.05) is 18.2 Å². The molecule has 0 fully saturated rings. The molecule has 2 amide bonds. The molecule has 1 unspecified atom stereocenters. The number of methoxy groups -OCH3 is 1. The molecule has 2 aromatic rings. The lowest BCUT2D eigenvalue weighted by molar-refractivity contribution is -0.138. The number of rotatable bonds is 4. The number of benzene rings is 2. The van der Waals surface area contributed by atoms with Crippen molar-refractivity contribution in [3.63, 3.8) is 0 Å². The van der Waals surface area contributed by atoms with Crippen LogP contribution in [-0.2, 0) is 19.1 Å². The minimum Gasteiger partial charge on any atom is -0.466 e. The first kappa shape index (κ1) is 19.5. The van der Waals surface area contributed by atoms with Crippen molar-refractivity contribution >= 4 is 29.2 Å². The Balaban J connectivity index is 1.66. The minimum atomic E-state index is -0.977. The Labute approximate surface area is 173 Å². The number of nitrogens with zero attached hydrogens (tertiary/aromatic N) is 1. The van der Waals surface area contributed by atoms with Gasteiger partial charge in [0.15, 0.2) is 11.5 Å². The predicted octanol–water partition coefficient (Wildman–Crippen LogP) is 2.85. The van der Waals surface area contributed by atoms with Crippen molar-refractivity contribution < 1.29 is 28.6 Å². The molecule has 154 valence electrons. The number of hydrogen-bond donors (Lipinski definition) is 1. The molecule has 0 aliphatic carbocycles. The van der Waals surface area contributed by atoms with Crippen LogP contribution in [0.15, 0.2) is 59.8 Å². The molecular weight excluding hydrogens is 388 g/mol. The average Bonchev–Trinajstić information content (AvgIpc) is 3.21. The SMILES string of the molecule is COC(=O)C1=C(C)N(c2ccccc2)C(=O)CC1C(=O)Nc1ccc2c(c1)OCO2. The van der Waals surface area contributed by atoms with Crippen molar-refractivity contribution in [1.29, 1.82) is 0 Å². The Morgan fingerprint density at radius 2 is 1.83 bits per heavy atom. The summed E-state index contributed by atoms with van der Waals surface area (Å²) in [5.41, 5.74) is 1.62. The molecule has 0 bridgehead atoms. The quantitative estimate of drug-likeness (QED) is 0.782. The first-order valence-corrected chi connectivity index (χ1v) is 9.37. The first-order valence-electron chi connectivity index (χ1n) is 9.37. The first-order chi connectivity index (χ1) is 14.5. The van der Waals surface area contributed by atoms with Crippen LogP contribution in [0.5, 0.6) is 11.5 Å². The Morgan fingerprint density at radius 1 is 1.10 bits per heavy atom. The second-order valence-electron chi connectivity index (χ2n) is 6.87. The van der Waals surface area contributed by atoms with E-state index < -0.39 is 17.8 Å².